The number of carbonyl (C=O) groups excluding carboxylic acids is 2. The molecule has 142 valence electrons. The number of thiazole rings is 1. The van der Waals surface area contributed by atoms with Crippen molar-refractivity contribution in [1.82, 2.24) is 14.9 Å². The first-order chi connectivity index (χ1) is 12.9. The Bertz CT molecular complexity index is 905. The number of primary amides is 1. The van der Waals surface area contributed by atoms with Gasteiger partial charge in [-0.05, 0) is 50.3 Å². The Kier molecular flexibility index (Phi) is 4.38. The highest BCUT2D eigenvalue weighted by Crippen LogP contribution is 2.47. The average molecular weight is 385 g/mol. The molecule has 1 aliphatic heterocycles. The summed E-state index contributed by atoms with van der Waals surface area (Å²) in [4.78, 5) is 35.6. The first kappa shape index (κ1) is 17.9. The van der Waals surface area contributed by atoms with Gasteiger partial charge in [0.15, 0.2) is 5.13 Å². The van der Waals surface area contributed by atoms with Gasteiger partial charge in [0.25, 0.3) is 0 Å². The summed E-state index contributed by atoms with van der Waals surface area (Å²) in [5.74, 6) is -0.462. The van der Waals surface area contributed by atoms with E-state index in [4.69, 9.17) is 5.73 Å². The minimum absolute atomic E-state index is 0.200. The molecule has 0 aromatic carbocycles. The highest BCUT2D eigenvalue weighted by atomic mass is 32.1. The first-order valence-electron chi connectivity index (χ1n) is 9.19. The SMILES string of the molecule is Cc1nc(NC(=O)N2CCCC2C(N)=O)sc1-c1ccnc(C2(C)CC2)c1. The molecular formula is C19H23N5O2S. The number of amides is 3. The van der Waals surface area contributed by atoms with Crippen LogP contribution in [0.2, 0.25) is 0 Å². The number of carbonyl (C=O) groups is 2. The number of aromatic nitrogens is 2. The van der Waals surface area contributed by atoms with Crippen LogP contribution in [0, 0.1) is 6.92 Å². The summed E-state index contributed by atoms with van der Waals surface area (Å²) in [6, 6.07) is 3.25. The fourth-order valence-corrected chi connectivity index (χ4v) is 4.48. The number of nitrogens with one attached hydrogen (secondary N) is 1. The number of urea groups is 1. The van der Waals surface area contributed by atoms with Gasteiger partial charge in [-0.25, -0.2) is 9.78 Å². The van der Waals surface area contributed by atoms with Crippen LogP contribution >= 0.6 is 11.3 Å². The van der Waals surface area contributed by atoms with Gasteiger partial charge in [0.1, 0.15) is 6.04 Å². The molecule has 1 saturated heterocycles. The second-order valence-corrected chi connectivity index (χ2v) is 8.61. The molecule has 8 heteroatoms. The molecule has 0 spiro atoms. The normalized spacial score (nSPS) is 20.5. The first-order valence-corrected chi connectivity index (χ1v) is 10.0. The maximum atomic E-state index is 12.5. The molecule has 2 aromatic heterocycles. The summed E-state index contributed by atoms with van der Waals surface area (Å²) in [6.45, 7) is 4.70. The van der Waals surface area contributed by atoms with Gasteiger partial charge >= 0.3 is 6.03 Å². The minimum atomic E-state index is -0.535. The zero-order chi connectivity index (χ0) is 19.2. The number of rotatable bonds is 4. The number of aryl methyl sites for hydroxylation is 1. The lowest BCUT2D eigenvalue weighted by Gasteiger charge is -2.21. The summed E-state index contributed by atoms with van der Waals surface area (Å²) in [6.07, 6.45) is 5.57. The van der Waals surface area contributed by atoms with Crippen LogP contribution in [0.25, 0.3) is 10.4 Å². The van der Waals surface area contributed by atoms with Crippen molar-refractivity contribution in [3.05, 3.63) is 29.7 Å². The Morgan fingerprint density at radius 1 is 1.41 bits per heavy atom. The zero-order valence-electron chi connectivity index (χ0n) is 15.5. The number of hydrogen-bond donors (Lipinski definition) is 2. The van der Waals surface area contributed by atoms with Gasteiger partial charge in [0.2, 0.25) is 5.91 Å². The van der Waals surface area contributed by atoms with Gasteiger partial charge in [0, 0.05) is 23.9 Å². The van der Waals surface area contributed by atoms with E-state index in [1.807, 2.05) is 19.2 Å². The second-order valence-electron chi connectivity index (χ2n) is 7.61. The van der Waals surface area contributed by atoms with Crippen LogP contribution in [-0.2, 0) is 10.2 Å². The van der Waals surface area contributed by atoms with Crippen molar-refractivity contribution in [2.24, 2.45) is 5.73 Å². The standard InChI is InChI=1S/C19H23N5O2S/c1-11-15(12-5-8-21-14(10-12)19(2)6-7-19)27-17(22-11)23-18(26)24-9-3-4-13(24)16(20)25/h5,8,10,13H,3-4,6-7,9H2,1-2H3,(H2,20,25)(H,22,23,26). The topological polar surface area (TPSA) is 101 Å². The Hall–Kier alpha value is -2.48. The van der Waals surface area contributed by atoms with E-state index in [9.17, 15) is 9.59 Å². The molecule has 2 aliphatic rings. The predicted molar refractivity (Wildman–Crippen MR) is 105 cm³/mol. The van der Waals surface area contributed by atoms with Gasteiger partial charge in [-0.15, -0.1) is 0 Å². The summed E-state index contributed by atoms with van der Waals surface area (Å²) in [5, 5.41) is 3.35. The number of nitrogens with zero attached hydrogens (tertiary/aromatic N) is 3. The van der Waals surface area contributed by atoms with Crippen LogP contribution < -0.4 is 11.1 Å². The van der Waals surface area contributed by atoms with Crippen molar-refractivity contribution < 1.29 is 9.59 Å². The molecule has 1 unspecified atom stereocenters. The molecule has 1 aliphatic carbocycles. The molecule has 4 rings (SSSR count). The maximum Gasteiger partial charge on any atom is 0.324 e. The third-order valence-corrected chi connectivity index (χ3v) is 6.61. The van der Waals surface area contributed by atoms with E-state index < -0.39 is 11.9 Å². The number of pyridine rings is 1. The quantitative estimate of drug-likeness (QED) is 0.844. The van der Waals surface area contributed by atoms with Crippen LogP contribution in [0.5, 0.6) is 0 Å². The van der Waals surface area contributed by atoms with E-state index >= 15 is 0 Å². The summed E-state index contributed by atoms with van der Waals surface area (Å²) >= 11 is 1.44. The van der Waals surface area contributed by atoms with Crippen molar-refractivity contribution in [2.75, 3.05) is 11.9 Å². The maximum absolute atomic E-state index is 12.5. The molecule has 2 aromatic rings. The van der Waals surface area contributed by atoms with Crippen molar-refractivity contribution >= 4 is 28.4 Å². The molecule has 3 N–H and O–H groups in total. The molecule has 3 heterocycles. The number of hydrogen-bond acceptors (Lipinski definition) is 5. The Morgan fingerprint density at radius 3 is 2.89 bits per heavy atom. The molecule has 1 atom stereocenters. The van der Waals surface area contributed by atoms with Crippen LogP contribution in [0.15, 0.2) is 18.3 Å². The molecule has 0 bridgehead atoms. The fourth-order valence-electron chi connectivity index (χ4n) is 3.53. The van der Waals surface area contributed by atoms with Gasteiger partial charge in [0.05, 0.1) is 10.6 Å². The molecular weight excluding hydrogens is 362 g/mol. The summed E-state index contributed by atoms with van der Waals surface area (Å²) < 4.78 is 0. The van der Waals surface area contributed by atoms with Crippen LogP contribution in [0.3, 0.4) is 0 Å². The van der Waals surface area contributed by atoms with Crippen LogP contribution in [0.4, 0.5) is 9.93 Å². The third-order valence-electron chi connectivity index (χ3n) is 5.49. The molecule has 27 heavy (non-hydrogen) atoms. The number of nitrogens with two attached hydrogens (primary N) is 1. The van der Waals surface area contributed by atoms with Gasteiger partial charge in [-0.1, -0.05) is 18.3 Å². The molecule has 7 nitrogen and oxygen atoms in total. The Labute approximate surface area is 162 Å². The third kappa shape index (κ3) is 3.41. The van der Waals surface area contributed by atoms with Gasteiger partial charge < -0.3 is 10.6 Å². The van der Waals surface area contributed by atoms with Crippen LogP contribution in [0.1, 0.15) is 44.0 Å². The highest BCUT2D eigenvalue weighted by Gasteiger charge is 2.40. The Morgan fingerprint density at radius 2 is 2.19 bits per heavy atom. The molecule has 2 fully saturated rings. The number of anilines is 1. The van der Waals surface area contributed by atoms with Crippen molar-refractivity contribution in [3.8, 4) is 10.4 Å². The second kappa shape index (κ2) is 6.60. The lowest BCUT2D eigenvalue weighted by Crippen LogP contribution is -2.45. The van der Waals surface area contributed by atoms with Crippen molar-refractivity contribution in [2.45, 2.75) is 51.0 Å². The largest absolute Gasteiger partial charge is 0.368 e. The molecule has 3 amide bonds. The van der Waals surface area contributed by atoms with Gasteiger partial charge in [-0.2, -0.15) is 0 Å². The monoisotopic (exact) mass is 385 g/mol. The van der Waals surface area contributed by atoms with E-state index in [0.717, 1.165) is 28.2 Å². The molecule has 0 radical (unpaired) electrons. The van der Waals surface area contributed by atoms with E-state index in [2.05, 4.69) is 28.3 Å². The van der Waals surface area contributed by atoms with E-state index in [0.29, 0.717) is 18.1 Å². The van der Waals surface area contributed by atoms with Crippen molar-refractivity contribution in [3.63, 3.8) is 0 Å². The zero-order valence-corrected chi connectivity index (χ0v) is 16.3. The Balaban J connectivity index is 1.54. The van der Waals surface area contributed by atoms with Crippen molar-refractivity contribution in [1.29, 1.82) is 0 Å². The smallest absolute Gasteiger partial charge is 0.324 e. The average Bonchev–Trinajstić information content (AvgIpc) is 3.07. The van der Waals surface area contributed by atoms with E-state index in [1.54, 1.807) is 0 Å². The van der Waals surface area contributed by atoms with E-state index in [-0.39, 0.29) is 11.4 Å². The molecule has 1 saturated carbocycles. The predicted octanol–water partition coefficient (Wildman–Crippen LogP) is 3.05. The summed E-state index contributed by atoms with van der Waals surface area (Å²) in [7, 11) is 0. The van der Waals surface area contributed by atoms with Gasteiger partial charge in [-0.3, -0.25) is 15.1 Å². The lowest BCUT2D eigenvalue weighted by molar-refractivity contribution is -0.121. The van der Waals surface area contributed by atoms with Crippen LogP contribution in [-0.4, -0.2) is 39.4 Å². The summed E-state index contributed by atoms with van der Waals surface area (Å²) in [5.41, 5.74) is 8.64. The fraction of sp³-hybridized carbons (Fsp3) is 0.474. The number of likely N-dealkylation sites (tertiary alicyclic amines) is 1. The van der Waals surface area contributed by atoms with E-state index in [1.165, 1.54) is 29.1 Å². The lowest BCUT2D eigenvalue weighted by atomic mass is 10.0. The minimum Gasteiger partial charge on any atom is -0.368 e. The highest BCUT2D eigenvalue weighted by molar-refractivity contribution is 7.19.